The zero-order valence-electron chi connectivity index (χ0n) is 10.5. The van der Waals surface area contributed by atoms with Gasteiger partial charge in [-0.15, -0.1) is 0 Å². The Kier molecular flexibility index (Phi) is 3.82. The number of pyridine rings is 1. The van der Waals surface area contributed by atoms with E-state index in [9.17, 15) is 9.90 Å². The third-order valence-electron chi connectivity index (χ3n) is 2.69. The molecule has 6 nitrogen and oxygen atoms in total. The highest BCUT2D eigenvalue weighted by Crippen LogP contribution is 2.24. The molecule has 0 spiro atoms. The molecule has 0 bridgehead atoms. The molecular weight excluding hydrogens is 246 g/mol. The number of nitrogens with zero attached hydrogens (tertiary/aromatic N) is 1. The van der Waals surface area contributed by atoms with E-state index >= 15 is 0 Å². The van der Waals surface area contributed by atoms with E-state index in [4.69, 9.17) is 10.5 Å². The third-order valence-corrected chi connectivity index (χ3v) is 2.69. The Hall–Kier alpha value is -2.34. The molecule has 0 saturated carbocycles. The molecule has 0 fully saturated rings. The van der Waals surface area contributed by atoms with Gasteiger partial charge in [0.05, 0.1) is 12.6 Å². The van der Waals surface area contributed by atoms with E-state index in [-0.39, 0.29) is 5.56 Å². The lowest BCUT2D eigenvalue weighted by atomic mass is 10.1. The summed E-state index contributed by atoms with van der Waals surface area (Å²) in [6, 6.07) is 6.89. The minimum atomic E-state index is -1.02. The summed E-state index contributed by atoms with van der Waals surface area (Å²) in [6.07, 6.45) is 0. The molecule has 0 aliphatic rings. The fourth-order valence-electron chi connectivity index (χ4n) is 1.76. The standard InChI is InChI=1S/C13H15N3O3/c1-19-9-3-2-8-6-10(13(17)18)12(15-5-4-14)16-11(8)7-9/h2-3,6-7H,4-5,14H2,1H3,(H,15,16)(H,17,18). The highest BCUT2D eigenvalue weighted by molar-refractivity contribution is 5.98. The van der Waals surface area contributed by atoms with Crippen molar-refractivity contribution < 1.29 is 14.6 Å². The van der Waals surface area contributed by atoms with Gasteiger partial charge in [-0.05, 0) is 18.2 Å². The zero-order valence-corrected chi connectivity index (χ0v) is 10.5. The molecule has 0 aliphatic carbocycles. The van der Waals surface area contributed by atoms with Crippen molar-refractivity contribution >= 4 is 22.7 Å². The number of nitrogens with two attached hydrogens (primary N) is 1. The minimum absolute atomic E-state index is 0.131. The van der Waals surface area contributed by atoms with Crippen molar-refractivity contribution in [2.24, 2.45) is 5.73 Å². The van der Waals surface area contributed by atoms with Crippen molar-refractivity contribution in [2.75, 3.05) is 25.5 Å². The largest absolute Gasteiger partial charge is 0.497 e. The van der Waals surface area contributed by atoms with Crippen LogP contribution in [-0.2, 0) is 0 Å². The van der Waals surface area contributed by atoms with Crippen molar-refractivity contribution in [1.29, 1.82) is 0 Å². The van der Waals surface area contributed by atoms with Crippen molar-refractivity contribution in [3.63, 3.8) is 0 Å². The summed E-state index contributed by atoms with van der Waals surface area (Å²) in [5, 5.41) is 12.9. The number of nitrogens with one attached hydrogen (secondary N) is 1. The van der Waals surface area contributed by atoms with Gasteiger partial charge in [-0.25, -0.2) is 9.78 Å². The number of ether oxygens (including phenoxy) is 1. The number of methoxy groups -OCH3 is 1. The van der Waals surface area contributed by atoms with Gasteiger partial charge in [0.2, 0.25) is 0 Å². The van der Waals surface area contributed by atoms with Crippen molar-refractivity contribution in [3.05, 3.63) is 29.8 Å². The average molecular weight is 261 g/mol. The lowest BCUT2D eigenvalue weighted by molar-refractivity contribution is 0.0698. The van der Waals surface area contributed by atoms with Gasteiger partial charge in [0.15, 0.2) is 0 Å². The Morgan fingerprint density at radius 1 is 1.47 bits per heavy atom. The molecule has 1 heterocycles. The first kappa shape index (κ1) is 13.1. The summed E-state index contributed by atoms with van der Waals surface area (Å²) in [5.41, 5.74) is 6.20. The topological polar surface area (TPSA) is 97.5 Å². The molecule has 0 aliphatic heterocycles. The lowest BCUT2D eigenvalue weighted by Crippen LogP contribution is -2.16. The van der Waals surface area contributed by atoms with Gasteiger partial charge in [-0.1, -0.05) is 0 Å². The Morgan fingerprint density at radius 2 is 2.26 bits per heavy atom. The van der Waals surface area contributed by atoms with Gasteiger partial charge in [0, 0.05) is 24.5 Å². The molecule has 0 radical (unpaired) electrons. The van der Waals surface area contributed by atoms with Crippen LogP contribution in [0, 0.1) is 0 Å². The number of carbonyl (C=O) groups is 1. The fraction of sp³-hybridized carbons (Fsp3) is 0.231. The maximum Gasteiger partial charge on any atom is 0.339 e. The molecule has 100 valence electrons. The molecule has 2 aromatic rings. The number of hydrogen-bond acceptors (Lipinski definition) is 5. The first-order valence-corrected chi connectivity index (χ1v) is 5.81. The molecule has 0 atom stereocenters. The highest BCUT2D eigenvalue weighted by Gasteiger charge is 2.13. The number of rotatable bonds is 5. The summed E-state index contributed by atoms with van der Waals surface area (Å²) in [6.45, 7) is 0.861. The van der Waals surface area contributed by atoms with Gasteiger partial charge in [0.25, 0.3) is 0 Å². The molecular formula is C13H15N3O3. The van der Waals surface area contributed by atoms with Crippen molar-refractivity contribution in [1.82, 2.24) is 4.98 Å². The van der Waals surface area contributed by atoms with Crippen molar-refractivity contribution in [2.45, 2.75) is 0 Å². The van der Waals surface area contributed by atoms with E-state index in [1.807, 2.05) is 0 Å². The Morgan fingerprint density at radius 3 is 2.89 bits per heavy atom. The fourth-order valence-corrected chi connectivity index (χ4v) is 1.76. The Bertz CT molecular complexity index is 613. The SMILES string of the molecule is COc1ccc2cc(C(=O)O)c(NCCN)nc2c1. The molecule has 0 saturated heterocycles. The highest BCUT2D eigenvalue weighted by atomic mass is 16.5. The van der Waals surface area contributed by atoms with E-state index in [1.54, 1.807) is 31.4 Å². The lowest BCUT2D eigenvalue weighted by Gasteiger charge is -2.10. The molecule has 4 N–H and O–H groups in total. The number of aromatic carboxylic acids is 1. The predicted octanol–water partition coefficient (Wildman–Crippen LogP) is 1.31. The molecule has 6 heteroatoms. The predicted molar refractivity (Wildman–Crippen MR) is 72.8 cm³/mol. The van der Waals surface area contributed by atoms with Crippen LogP contribution in [0.4, 0.5) is 5.82 Å². The van der Waals surface area contributed by atoms with Crippen LogP contribution in [0.3, 0.4) is 0 Å². The number of carboxylic acids is 1. The van der Waals surface area contributed by atoms with E-state index in [1.165, 1.54) is 0 Å². The van der Waals surface area contributed by atoms with Crippen LogP contribution in [0.2, 0.25) is 0 Å². The van der Waals surface area contributed by atoms with E-state index < -0.39 is 5.97 Å². The van der Waals surface area contributed by atoms with Crippen LogP contribution in [0.25, 0.3) is 10.9 Å². The summed E-state index contributed by atoms with van der Waals surface area (Å²) in [7, 11) is 1.57. The van der Waals surface area contributed by atoms with Crippen molar-refractivity contribution in [3.8, 4) is 5.75 Å². The molecule has 19 heavy (non-hydrogen) atoms. The zero-order chi connectivity index (χ0) is 13.8. The van der Waals surface area contributed by atoms with Crippen LogP contribution in [-0.4, -0.2) is 36.3 Å². The van der Waals surface area contributed by atoms with Crippen LogP contribution in [0.1, 0.15) is 10.4 Å². The molecule has 0 amide bonds. The van der Waals surface area contributed by atoms with Gasteiger partial charge in [0.1, 0.15) is 17.1 Å². The summed E-state index contributed by atoms with van der Waals surface area (Å²) < 4.78 is 5.12. The van der Waals surface area contributed by atoms with Crippen LogP contribution < -0.4 is 15.8 Å². The van der Waals surface area contributed by atoms with Gasteiger partial charge in [-0.2, -0.15) is 0 Å². The maximum absolute atomic E-state index is 11.2. The number of benzene rings is 1. The molecule has 2 rings (SSSR count). The first-order chi connectivity index (χ1) is 9.15. The molecule has 1 aromatic heterocycles. The van der Waals surface area contributed by atoms with E-state index in [0.717, 1.165) is 5.39 Å². The number of hydrogen-bond donors (Lipinski definition) is 3. The second-order valence-corrected chi connectivity index (χ2v) is 3.96. The third kappa shape index (κ3) is 2.74. The van der Waals surface area contributed by atoms with Gasteiger partial charge >= 0.3 is 5.97 Å². The number of aromatic nitrogens is 1. The molecule has 1 aromatic carbocycles. The smallest absolute Gasteiger partial charge is 0.339 e. The van der Waals surface area contributed by atoms with Crippen LogP contribution in [0.15, 0.2) is 24.3 Å². The quantitative estimate of drug-likeness (QED) is 0.750. The first-order valence-electron chi connectivity index (χ1n) is 5.81. The number of fused-ring (bicyclic) bond motifs is 1. The Balaban J connectivity index is 2.55. The number of anilines is 1. The minimum Gasteiger partial charge on any atom is -0.497 e. The van der Waals surface area contributed by atoms with Crippen LogP contribution in [0.5, 0.6) is 5.75 Å². The summed E-state index contributed by atoms with van der Waals surface area (Å²) in [4.78, 5) is 15.5. The van der Waals surface area contributed by atoms with Gasteiger partial charge in [-0.3, -0.25) is 0 Å². The van der Waals surface area contributed by atoms with E-state index in [2.05, 4.69) is 10.3 Å². The average Bonchev–Trinajstić information content (AvgIpc) is 2.43. The summed E-state index contributed by atoms with van der Waals surface area (Å²) in [5.74, 6) is -0.0312. The summed E-state index contributed by atoms with van der Waals surface area (Å²) >= 11 is 0. The monoisotopic (exact) mass is 261 g/mol. The van der Waals surface area contributed by atoms with Crippen LogP contribution >= 0.6 is 0 Å². The molecule has 0 unspecified atom stereocenters. The normalized spacial score (nSPS) is 10.4. The number of carboxylic acid groups (broad SMARTS) is 1. The second-order valence-electron chi connectivity index (χ2n) is 3.96. The van der Waals surface area contributed by atoms with Gasteiger partial charge < -0.3 is 20.9 Å². The Labute approximate surface area is 110 Å². The second kappa shape index (κ2) is 5.53. The maximum atomic E-state index is 11.2. The van der Waals surface area contributed by atoms with E-state index in [0.29, 0.717) is 30.2 Å².